The zero-order valence-electron chi connectivity index (χ0n) is 13.6. The molecular formula is C18H15FN2O4. The number of hydrogen-bond donors (Lipinski definition) is 1. The molecule has 0 aliphatic rings. The topological polar surface area (TPSA) is 88.4 Å². The van der Waals surface area contributed by atoms with Crippen LogP contribution in [0, 0.1) is 17.1 Å². The monoisotopic (exact) mass is 342 g/mol. The highest BCUT2D eigenvalue weighted by molar-refractivity contribution is 5.95. The van der Waals surface area contributed by atoms with Gasteiger partial charge in [-0.15, -0.1) is 0 Å². The number of carbonyl (C=O) groups is 2. The number of nitrogens with one attached hydrogen (secondary N) is 1. The molecule has 0 aromatic heterocycles. The molecule has 0 unspecified atom stereocenters. The average Bonchev–Trinajstić information content (AvgIpc) is 2.63. The van der Waals surface area contributed by atoms with E-state index in [4.69, 9.17) is 10.00 Å². The summed E-state index contributed by atoms with van der Waals surface area (Å²) >= 11 is 0. The van der Waals surface area contributed by atoms with Crippen LogP contribution in [0.25, 0.3) is 0 Å². The summed E-state index contributed by atoms with van der Waals surface area (Å²) in [5, 5.41) is 11.1. The standard InChI is InChI=1S/C18H15FN2O4/c1-11(25-14-6-3-12(10-20)4-7-14)17(22)21-16-8-5-13(9-15(16)19)18(23)24-2/h3-9,11H,1-2H3,(H,21,22)/t11-/m0/s1. The molecule has 1 N–H and O–H groups in total. The quantitative estimate of drug-likeness (QED) is 0.844. The van der Waals surface area contributed by atoms with Gasteiger partial charge < -0.3 is 14.8 Å². The largest absolute Gasteiger partial charge is 0.481 e. The number of ether oxygens (including phenoxy) is 2. The Morgan fingerprint density at radius 1 is 1.20 bits per heavy atom. The number of halogens is 1. The molecule has 0 bridgehead atoms. The van der Waals surface area contributed by atoms with Gasteiger partial charge in [0.2, 0.25) is 0 Å². The number of amides is 1. The molecule has 2 aromatic rings. The number of nitrogens with zero attached hydrogens (tertiary/aromatic N) is 1. The van der Waals surface area contributed by atoms with Gasteiger partial charge in [-0.3, -0.25) is 4.79 Å². The van der Waals surface area contributed by atoms with Crippen LogP contribution < -0.4 is 10.1 Å². The van der Waals surface area contributed by atoms with Crippen molar-refractivity contribution in [1.29, 1.82) is 5.26 Å². The van der Waals surface area contributed by atoms with Crippen LogP contribution in [0.2, 0.25) is 0 Å². The van der Waals surface area contributed by atoms with E-state index in [1.165, 1.54) is 26.2 Å². The van der Waals surface area contributed by atoms with Crippen LogP contribution in [0.4, 0.5) is 10.1 Å². The minimum Gasteiger partial charge on any atom is -0.481 e. The molecule has 0 spiro atoms. The first-order valence-electron chi connectivity index (χ1n) is 7.30. The van der Waals surface area contributed by atoms with Crippen molar-refractivity contribution in [1.82, 2.24) is 0 Å². The predicted octanol–water partition coefficient (Wildman–Crippen LogP) is 2.89. The molecule has 25 heavy (non-hydrogen) atoms. The lowest BCUT2D eigenvalue weighted by Gasteiger charge is -2.15. The van der Waals surface area contributed by atoms with Gasteiger partial charge in [0.05, 0.1) is 30.0 Å². The number of carbonyl (C=O) groups excluding carboxylic acids is 2. The van der Waals surface area contributed by atoms with Gasteiger partial charge in [0.1, 0.15) is 11.6 Å². The highest BCUT2D eigenvalue weighted by atomic mass is 19.1. The third-order valence-electron chi connectivity index (χ3n) is 3.31. The Labute approximate surface area is 143 Å². The van der Waals surface area contributed by atoms with Gasteiger partial charge in [-0.1, -0.05) is 0 Å². The maximum Gasteiger partial charge on any atom is 0.337 e. The number of anilines is 1. The first-order valence-corrected chi connectivity index (χ1v) is 7.30. The summed E-state index contributed by atoms with van der Waals surface area (Å²) in [6, 6.07) is 11.8. The summed E-state index contributed by atoms with van der Waals surface area (Å²) in [6.07, 6.45) is -0.896. The van der Waals surface area contributed by atoms with Crippen molar-refractivity contribution in [3.8, 4) is 11.8 Å². The second-order valence-electron chi connectivity index (χ2n) is 5.07. The average molecular weight is 342 g/mol. The summed E-state index contributed by atoms with van der Waals surface area (Å²) in [5.74, 6) is -1.59. The molecule has 0 heterocycles. The van der Waals surface area contributed by atoms with Crippen LogP contribution in [0.3, 0.4) is 0 Å². The second kappa shape index (κ2) is 7.93. The molecule has 128 valence electrons. The molecule has 0 radical (unpaired) electrons. The summed E-state index contributed by atoms with van der Waals surface area (Å²) in [5.41, 5.74) is 0.435. The van der Waals surface area contributed by atoms with E-state index in [-0.39, 0.29) is 11.3 Å². The molecule has 7 heteroatoms. The number of methoxy groups -OCH3 is 1. The molecule has 0 saturated heterocycles. The fraction of sp³-hybridized carbons (Fsp3) is 0.167. The molecule has 2 rings (SSSR count). The zero-order chi connectivity index (χ0) is 18.4. The van der Waals surface area contributed by atoms with Crippen molar-refractivity contribution < 1.29 is 23.5 Å². The van der Waals surface area contributed by atoms with E-state index in [9.17, 15) is 14.0 Å². The first-order chi connectivity index (χ1) is 11.9. The van der Waals surface area contributed by atoms with E-state index < -0.39 is 23.8 Å². The molecular weight excluding hydrogens is 327 g/mol. The SMILES string of the molecule is COC(=O)c1ccc(NC(=O)[C@H](C)Oc2ccc(C#N)cc2)c(F)c1. The van der Waals surface area contributed by atoms with Gasteiger partial charge in [-0.2, -0.15) is 5.26 Å². The van der Waals surface area contributed by atoms with Crippen LogP contribution in [-0.4, -0.2) is 25.1 Å². The van der Waals surface area contributed by atoms with Crippen LogP contribution in [-0.2, 0) is 9.53 Å². The second-order valence-corrected chi connectivity index (χ2v) is 5.07. The highest BCUT2D eigenvalue weighted by Crippen LogP contribution is 2.18. The zero-order valence-corrected chi connectivity index (χ0v) is 13.6. The predicted molar refractivity (Wildman–Crippen MR) is 87.6 cm³/mol. The molecule has 0 aliphatic heterocycles. The molecule has 0 aliphatic carbocycles. The van der Waals surface area contributed by atoms with Gasteiger partial charge in [0, 0.05) is 0 Å². The van der Waals surface area contributed by atoms with Gasteiger partial charge in [0.25, 0.3) is 5.91 Å². The van der Waals surface area contributed by atoms with Gasteiger partial charge in [0.15, 0.2) is 6.10 Å². The van der Waals surface area contributed by atoms with Crippen LogP contribution in [0.15, 0.2) is 42.5 Å². The smallest absolute Gasteiger partial charge is 0.337 e. The van der Waals surface area contributed by atoms with E-state index in [0.717, 1.165) is 6.07 Å². The molecule has 0 fully saturated rings. The number of rotatable bonds is 5. The Balaban J connectivity index is 2.03. The summed E-state index contributed by atoms with van der Waals surface area (Å²) in [4.78, 5) is 23.5. The Bertz CT molecular complexity index is 828. The van der Waals surface area contributed by atoms with E-state index in [0.29, 0.717) is 11.3 Å². The molecule has 1 atom stereocenters. The van der Waals surface area contributed by atoms with E-state index in [1.807, 2.05) is 6.07 Å². The number of benzene rings is 2. The minimum atomic E-state index is -0.896. The van der Waals surface area contributed by atoms with Crippen molar-refractivity contribution >= 4 is 17.6 Å². The molecule has 1 amide bonds. The fourth-order valence-corrected chi connectivity index (χ4v) is 1.96. The third-order valence-corrected chi connectivity index (χ3v) is 3.31. The Morgan fingerprint density at radius 2 is 1.88 bits per heavy atom. The third kappa shape index (κ3) is 4.54. The van der Waals surface area contributed by atoms with Crippen molar-refractivity contribution in [2.45, 2.75) is 13.0 Å². The normalized spacial score (nSPS) is 11.1. The van der Waals surface area contributed by atoms with Crippen LogP contribution >= 0.6 is 0 Å². The minimum absolute atomic E-state index is 0.0416. The van der Waals surface area contributed by atoms with Crippen molar-refractivity contribution in [3.63, 3.8) is 0 Å². The number of esters is 1. The Morgan fingerprint density at radius 3 is 2.44 bits per heavy atom. The van der Waals surface area contributed by atoms with E-state index in [2.05, 4.69) is 10.1 Å². The Kier molecular flexibility index (Phi) is 5.69. The van der Waals surface area contributed by atoms with Crippen molar-refractivity contribution in [2.75, 3.05) is 12.4 Å². The lowest BCUT2D eigenvalue weighted by Crippen LogP contribution is -2.30. The Hall–Kier alpha value is -3.40. The summed E-state index contributed by atoms with van der Waals surface area (Å²) in [7, 11) is 1.19. The maximum atomic E-state index is 14.0. The van der Waals surface area contributed by atoms with Gasteiger partial charge in [-0.25, -0.2) is 9.18 Å². The van der Waals surface area contributed by atoms with E-state index in [1.54, 1.807) is 24.3 Å². The molecule has 2 aromatic carbocycles. The molecule has 6 nitrogen and oxygen atoms in total. The van der Waals surface area contributed by atoms with Crippen molar-refractivity contribution in [3.05, 3.63) is 59.4 Å². The van der Waals surface area contributed by atoms with Crippen LogP contribution in [0.1, 0.15) is 22.8 Å². The van der Waals surface area contributed by atoms with E-state index >= 15 is 0 Å². The van der Waals surface area contributed by atoms with Gasteiger partial charge >= 0.3 is 5.97 Å². The highest BCUT2D eigenvalue weighted by Gasteiger charge is 2.17. The fourth-order valence-electron chi connectivity index (χ4n) is 1.96. The first kappa shape index (κ1) is 17.9. The maximum absolute atomic E-state index is 14.0. The lowest BCUT2D eigenvalue weighted by molar-refractivity contribution is -0.122. The summed E-state index contributed by atoms with van der Waals surface area (Å²) < 4.78 is 23.9. The van der Waals surface area contributed by atoms with Crippen LogP contribution in [0.5, 0.6) is 5.75 Å². The number of hydrogen-bond acceptors (Lipinski definition) is 5. The van der Waals surface area contributed by atoms with Crippen molar-refractivity contribution in [2.24, 2.45) is 0 Å². The van der Waals surface area contributed by atoms with Gasteiger partial charge in [-0.05, 0) is 49.4 Å². The lowest BCUT2D eigenvalue weighted by atomic mass is 10.2. The summed E-state index contributed by atoms with van der Waals surface area (Å²) in [6.45, 7) is 1.51. The number of nitriles is 1. The molecule has 0 saturated carbocycles.